The van der Waals surface area contributed by atoms with E-state index < -0.39 is 0 Å². The Morgan fingerprint density at radius 1 is 1.20 bits per heavy atom. The van der Waals surface area contributed by atoms with Gasteiger partial charge in [0.2, 0.25) is 0 Å². The highest BCUT2D eigenvalue weighted by atomic mass is 14.7. The Balaban J connectivity index is 2.77. The third-order valence-electron chi connectivity index (χ3n) is 2.54. The second-order valence-electron chi connectivity index (χ2n) is 4.90. The zero-order chi connectivity index (χ0) is 11.1. The molecule has 1 heterocycles. The molecule has 2 N–H and O–H groups in total. The van der Waals surface area contributed by atoms with Crippen molar-refractivity contribution in [3.63, 3.8) is 0 Å². The van der Waals surface area contributed by atoms with E-state index in [9.17, 15) is 0 Å². The van der Waals surface area contributed by atoms with Gasteiger partial charge in [0.25, 0.3) is 0 Å². The molecule has 0 unspecified atom stereocenters. The number of rotatable bonds is 0. The number of anilines is 1. The molecule has 0 saturated heterocycles. The molecule has 0 radical (unpaired) electrons. The molecule has 0 aliphatic rings. The summed E-state index contributed by atoms with van der Waals surface area (Å²) in [5, 5.41) is 1.11. The molecule has 0 saturated carbocycles. The van der Waals surface area contributed by atoms with E-state index in [2.05, 4.69) is 37.9 Å². The topological polar surface area (TPSA) is 38.9 Å². The fourth-order valence-corrected chi connectivity index (χ4v) is 1.78. The maximum Gasteiger partial charge on any atom is 0.0740 e. The predicted molar refractivity (Wildman–Crippen MR) is 64.9 cm³/mol. The number of nitrogens with zero attached hydrogens (tertiary/aromatic N) is 1. The number of hydrogen-bond donors (Lipinski definition) is 1. The van der Waals surface area contributed by atoms with Crippen molar-refractivity contribution in [2.45, 2.75) is 26.2 Å². The van der Waals surface area contributed by atoms with E-state index in [1.807, 2.05) is 12.1 Å². The van der Waals surface area contributed by atoms with Crippen molar-refractivity contribution in [3.8, 4) is 0 Å². The van der Waals surface area contributed by atoms with Gasteiger partial charge in [-0.1, -0.05) is 39.0 Å². The largest absolute Gasteiger partial charge is 0.397 e. The standard InChI is InChI=1S/C13H16N2/c1-13(2,3)11-6-4-5-9-7-10(14)8-15-12(9)11/h4-8H,14H2,1-3H3. The molecule has 0 atom stereocenters. The lowest BCUT2D eigenvalue weighted by molar-refractivity contribution is 0.594. The van der Waals surface area contributed by atoms with Crippen molar-refractivity contribution in [1.82, 2.24) is 4.98 Å². The number of aromatic nitrogens is 1. The Bertz CT molecular complexity index is 495. The van der Waals surface area contributed by atoms with E-state index in [-0.39, 0.29) is 5.41 Å². The second kappa shape index (κ2) is 3.23. The zero-order valence-corrected chi connectivity index (χ0v) is 9.41. The third-order valence-corrected chi connectivity index (χ3v) is 2.54. The van der Waals surface area contributed by atoms with E-state index in [4.69, 9.17) is 5.73 Å². The molecule has 15 heavy (non-hydrogen) atoms. The quantitative estimate of drug-likeness (QED) is 0.709. The van der Waals surface area contributed by atoms with Crippen LogP contribution < -0.4 is 5.73 Å². The molecule has 0 aliphatic heterocycles. The SMILES string of the molecule is CC(C)(C)c1cccc2cc(N)cnc12. The van der Waals surface area contributed by atoms with Gasteiger partial charge < -0.3 is 5.73 Å². The predicted octanol–water partition coefficient (Wildman–Crippen LogP) is 3.11. The number of para-hydroxylation sites is 1. The molecule has 2 nitrogen and oxygen atoms in total. The van der Waals surface area contributed by atoms with Crippen molar-refractivity contribution in [2.24, 2.45) is 0 Å². The second-order valence-corrected chi connectivity index (χ2v) is 4.90. The van der Waals surface area contributed by atoms with Gasteiger partial charge in [-0.05, 0) is 17.0 Å². The number of pyridine rings is 1. The van der Waals surface area contributed by atoms with E-state index >= 15 is 0 Å². The van der Waals surface area contributed by atoms with Gasteiger partial charge in [0, 0.05) is 5.39 Å². The van der Waals surface area contributed by atoms with Gasteiger partial charge in [-0.15, -0.1) is 0 Å². The van der Waals surface area contributed by atoms with Crippen LogP contribution in [0.4, 0.5) is 5.69 Å². The number of nitrogens with two attached hydrogens (primary N) is 1. The monoisotopic (exact) mass is 200 g/mol. The van der Waals surface area contributed by atoms with Crippen molar-refractivity contribution >= 4 is 16.6 Å². The van der Waals surface area contributed by atoms with Crippen LogP contribution in [0.5, 0.6) is 0 Å². The Hall–Kier alpha value is -1.57. The van der Waals surface area contributed by atoms with Gasteiger partial charge in [-0.3, -0.25) is 4.98 Å². The number of hydrogen-bond acceptors (Lipinski definition) is 2. The molecule has 1 aromatic heterocycles. The fraction of sp³-hybridized carbons (Fsp3) is 0.308. The van der Waals surface area contributed by atoms with E-state index in [0.717, 1.165) is 10.9 Å². The summed E-state index contributed by atoms with van der Waals surface area (Å²) in [6.45, 7) is 6.58. The molecular weight excluding hydrogens is 184 g/mol. The summed E-state index contributed by atoms with van der Waals surface area (Å²) in [6.07, 6.45) is 1.72. The highest BCUT2D eigenvalue weighted by Gasteiger charge is 2.17. The molecule has 2 rings (SSSR count). The first-order chi connectivity index (χ1) is 6.98. The van der Waals surface area contributed by atoms with Gasteiger partial charge in [0.1, 0.15) is 0 Å². The van der Waals surface area contributed by atoms with E-state index in [1.165, 1.54) is 5.56 Å². The number of nitrogen functional groups attached to an aromatic ring is 1. The molecule has 78 valence electrons. The van der Waals surface area contributed by atoms with Crippen molar-refractivity contribution < 1.29 is 0 Å². The zero-order valence-electron chi connectivity index (χ0n) is 9.41. The first-order valence-electron chi connectivity index (χ1n) is 5.13. The van der Waals surface area contributed by atoms with Crippen LogP contribution in [-0.2, 0) is 5.41 Å². The van der Waals surface area contributed by atoms with Crippen LogP contribution in [-0.4, -0.2) is 4.98 Å². The van der Waals surface area contributed by atoms with Gasteiger partial charge in [0.15, 0.2) is 0 Å². The minimum Gasteiger partial charge on any atom is -0.397 e. The van der Waals surface area contributed by atoms with Crippen LogP contribution in [0.2, 0.25) is 0 Å². The smallest absolute Gasteiger partial charge is 0.0740 e. The number of benzene rings is 1. The lowest BCUT2D eigenvalue weighted by Crippen LogP contribution is -2.12. The third kappa shape index (κ3) is 1.80. The fourth-order valence-electron chi connectivity index (χ4n) is 1.78. The number of fused-ring (bicyclic) bond motifs is 1. The first kappa shape index (κ1) is 9.97. The average Bonchev–Trinajstić information content (AvgIpc) is 2.15. The summed E-state index contributed by atoms with van der Waals surface area (Å²) in [7, 11) is 0. The van der Waals surface area contributed by atoms with Crippen LogP contribution in [0, 0.1) is 0 Å². The molecule has 0 amide bonds. The molecular formula is C13H16N2. The minimum absolute atomic E-state index is 0.114. The average molecular weight is 200 g/mol. The summed E-state index contributed by atoms with van der Waals surface area (Å²) >= 11 is 0. The van der Waals surface area contributed by atoms with E-state index in [0.29, 0.717) is 5.69 Å². The lowest BCUT2D eigenvalue weighted by atomic mass is 9.85. The summed E-state index contributed by atoms with van der Waals surface area (Å²) in [4.78, 5) is 4.42. The van der Waals surface area contributed by atoms with Crippen LogP contribution in [0.3, 0.4) is 0 Å². The van der Waals surface area contributed by atoms with Crippen molar-refractivity contribution in [2.75, 3.05) is 5.73 Å². The van der Waals surface area contributed by atoms with Crippen LogP contribution >= 0.6 is 0 Å². The van der Waals surface area contributed by atoms with Crippen LogP contribution in [0.25, 0.3) is 10.9 Å². The van der Waals surface area contributed by atoms with Gasteiger partial charge >= 0.3 is 0 Å². The Kier molecular flexibility index (Phi) is 2.14. The van der Waals surface area contributed by atoms with Gasteiger partial charge in [0.05, 0.1) is 17.4 Å². The maximum absolute atomic E-state index is 5.72. The Morgan fingerprint density at radius 2 is 1.93 bits per heavy atom. The highest BCUT2D eigenvalue weighted by molar-refractivity contribution is 5.84. The Labute approximate surface area is 90.1 Å². The molecule has 0 fully saturated rings. The van der Waals surface area contributed by atoms with Crippen molar-refractivity contribution in [1.29, 1.82) is 0 Å². The summed E-state index contributed by atoms with van der Waals surface area (Å²) < 4.78 is 0. The highest BCUT2D eigenvalue weighted by Crippen LogP contribution is 2.28. The maximum atomic E-state index is 5.72. The molecule has 2 aromatic rings. The van der Waals surface area contributed by atoms with Crippen LogP contribution in [0.15, 0.2) is 30.5 Å². The Morgan fingerprint density at radius 3 is 2.60 bits per heavy atom. The molecule has 2 heteroatoms. The summed E-state index contributed by atoms with van der Waals surface area (Å²) in [5.74, 6) is 0. The van der Waals surface area contributed by atoms with Crippen LogP contribution in [0.1, 0.15) is 26.3 Å². The lowest BCUT2D eigenvalue weighted by Gasteiger charge is -2.20. The molecule has 0 spiro atoms. The summed E-state index contributed by atoms with van der Waals surface area (Å²) in [6, 6.07) is 8.21. The summed E-state index contributed by atoms with van der Waals surface area (Å²) in [5.41, 5.74) is 8.87. The van der Waals surface area contributed by atoms with Gasteiger partial charge in [-0.2, -0.15) is 0 Å². The minimum atomic E-state index is 0.114. The molecule has 0 aliphatic carbocycles. The van der Waals surface area contributed by atoms with E-state index in [1.54, 1.807) is 6.20 Å². The van der Waals surface area contributed by atoms with Crippen molar-refractivity contribution in [3.05, 3.63) is 36.0 Å². The van der Waals surface area contributed by atoms with Gasteiger partial charge in [-0.25, -0.2) is 0 Å². The normalized spacial score (nSPS) is 11.9. The first-order valence-corrected chi connectivity index (χ1v) is 5.13. The molecule has 0 bridgehead atoms. The molecule has 1 aromatic carbocycles.